The van der Waals surface area contributed by atoms with Crippen LogP contribution in [0.25, 0.3) is 0 Å². The molecule has 0 fully saturated rings. The molecule has 0 radical (unpaired) electrons. The number of amides is 1. The van der Waals surface area contributed by atoms with Crippen LogP contribution in [0.15, 0.2) is 42.5 Å². The molecule has 0 aliphatic carbocycles. The van der Waals surface area contributed by atoms with E-state index in [0.717, 1.165) is 0 Å². The largest absolute Gasteiger partial charge is 0.485 e. The molecular formula is C15H11Cl2NO3. The zero-order chi connectivity index (χ0) is 14.8. The van der Waals surface area contributed by atoms with Crippen molar-refractivity contribution in [1.82, 2.24) is 0 Å². The number of para-hydroxylation sites is 2. The SMILES string of the molecule is O=C(Nc1cc(Cl)cc(Cl)c1)[C@H]1COc2ccccc2O1. The summed E-state index contributed by atoms with van der Waals surface area (Å²) in [6.07, 6.45) is -0.724. The molecule has 1 aliphatic rings. The molecule has 1 heterocycles. The fourth-order valence-electron chi connectivity index (χ4n) is 2.00. The van der Waals surface area contributed by atoms with Gasteiger partial charge in [-0.25, -0.2) is 0 Å². The van der Waals surface area contributed by atoms with Gasteiger partial charge >= 0.3 is 0 Å². The van der Waals surface area contributed by atoms with Gasteiger partial charge < -0.3 is 14.8 Å². The average molecular weight is 324 g/mol. The third-order valence-electron chi connectivity index (χ3n) is 2.93. The summed E-state index contributed by atoms with van der Waals surface area (Å²) in [6.45, 7) is 0.150. The highest BCUT2D eigenvalue weighted by molar-refractivity contribution is 6.35. The van der Waals surface area contributed by atoms with Crippen LogP contribution in [0.5, 0.6) is 11.5 Å². The predicted octanol–water partition coefficient (Wildman–Crippen LogP) is 3.77. The first-order valence-electron chi connectivity index (χ1n) is 6.27. The van der Waals surface area contributed by atoms with Gasteiger partial charge in [0.25, 0.3) is 5.91 Å². The Morgan fingerprint density at radius 3 is 2.48 bits per heavy atom. The Balaban J connectivity index is 1.72. The smallest absolute Gasteiger partial charge is 0.269 e. The van der Waals surface area contributed by atoms with Gasteiger partial charge in [-0.1, -0.05) is 35.3 Å². The van der Waals surface area contributed by atoms with Crippen molar-refractivity contribution in [3.63, 3.8) is 0 Å². The Hall–Kier alpha value is -1.91. The second kappa shape index (κ2) is 5.84. The second-order valence-corrected chi connectivity index (χ2v) is 5.38. The van der Waals surface area contributed by atoms with Crippen LogP contribution in [0.1, 0.15) is 0 Å². The molecular weight excluding hydrogens is 313 g/mol. The predicted molar refractivity (Wildman–Crippen MR) is 81.4 cm³/mol. The van der Waals surface area contributed by atoms with E-state index in [2.05, 4.69) is 5.32 Å². The third kappa shape index (κ3) is 3.23. The quantitative estimate of drug-likeness (QED) is 0.915. The van der Waals surface area contributed by atoms with Crippen LogP contribution in [0.3, 0.4) is 0 Å². The second-order valence-electron chi connectivity index (χ2n) is 4.51. The number of carbonyl (C=O) groups excluding carboxylic acids is 1. The molecule has 6 heteroatoms. The number of fused-ring (bicyclic) bond motifs is 1. The fourth-order valence-corrected chi connectivity index (χ4v) is 2.52. The molecule has 1 N–H and O–H groups in total. The van der Waals surface area contributed by atoms with Crippen LogP contribution >= 0.6 is 23.2 Å². The van der Waals surface area contributed by atoms with Gasteiger partial charge in [0.1, 0.15) is 6.61 Å². The molecule has 0 bridgehead atoms. The molecule has 0 saturated carbocycles. The molecule has 0 unspecified atom stereocenters. The van der Waals surface area contributed by atoms with Gasteiger partial charge in [-0.3, -0.25) is 4.79 Å². The summed E-state index contributed by atoms with van der Waals surface area (Å²) < 4.78 is 11.1. The van der Waals surface area contributed by atoms with Crippen LogP contribution in [0.4, 0.5) is 5.69 Å². The number of halogens is 2. The minimum Gasteiger partial charge on any atom is -0.485 e. The molecule has 1 amide bonds. The molecule has 21 heavy (non-hydrogen) atoms. The number of rotatable bonds is 2. The van der Waals surface area contributed by atoms with Gasteiger partial charge in [-0.2, -0.15) is 0 Å². The molecule has 3 rings (SSSR count). The van der Waals surface area contributed by atoms with Gasteiger partial charge in [0.05, 0.1) is 0 Å². The maximum absolute atomic E-state index is 12.2. The van der Waals surface area contributed by atoms with Gasteiger partial charge in [0.2, 0.25) is 6.10 Å². The van der Waals surface area contributed by atoms with Crippen molar-refractivity contribution in [3.05, 3.63) is 52.5 Å². The molecule has 4 nitrogen and oxygen atoms in total. The highest BCUT2D eigenvalue weighted by atomic mass is 35.5. The highest BCUT2D eigenvalue weighted by Crippen LogP contribution is 2.31. The lowest BCUT2D eigenvalue weighted by Gasteiger charge is -2.25. The number of ether oxygens (including phenoxy) is 2. The van der Waals surface area contributed by atoms with E-state index in [1.165, 1.54) is 0 Å². The van der Waals surface area contributed by atoms with Crippen molar-refractivity contribution < 1.29 is 14.3 Å². The van der Waals surface area contributed by atoms with E-state index in [1.807, 2.05) is 12.1 Å². The highest BCUT2D eigenvalue weighted by Gasteiger charge is 2.27. The first-order valence-corrected chi connectivity index (χ1v) is 7.03. The maximum Gasteiger partial charge on any atom is 0.269 e. The summed E-state index contributed by atoms with van der Waals surface area (Å²) in [5, 5.41) is 3.61. The van der Waals surface area contributed by atoms with E-state index in [-0.39, 0.29) is 12.5 Å². The van der Waals surface area contributed by atoms with E-state index < -0.39 is 6.10 Å². The number of hydrogen-bond donors (Lipinski definition) is 1. The summed E-state index contributed by atoms with van der Waals surface area (Å²) in [4.78, 5) is 12.2. The zero-order valence-corrected chi connectivity index (χ0v) is 12.3. The van der Waals surface area contributed by atoms with E-state index in [9.17, 15) is 4.79 Å². The minimum atomic E-state index is -0.724. The summed E-state index contributed by atoms with van der Waals surface area (Å²) in [5.74, 6) is 0.864. The number of nitrogens with one attached hydrogen (secondary N) is 1. The summed E-state index contributed by atoms with van der Waals surface area (Å²) in [7, 11) is 0. The van der Waals surface area contributed by atoms with Crippen LogP contribution < -0.4 is 14.8 Å². The van der Waals surface area contributed by atoms with Crippen molar-refractivity contribution in [3.8, 4) is 11.5 Å². The number of carbonyl (C=O) groups is 1. The molecule has 0 saturated heterocycles. The summed E-state index contributed by atoms with van der Waals surface area (Å²) in [5.41, 5.74) is 0.514. The molecule has 1 atom stereocenters. The fraction of sp³-hybridized carbons (Fsp3) is 0.133. The Bertz CT molecular complexity index is 670. The molecule has 0 aromatic heterocycles. The van der Waals surface area contributed by atoms with E-state index in [4.69, 9.17) is 32.7 Å². The van der Waals surface area contributed by atoms with Crippen molar-refractivity contribution in [2.45, 2.75) is 6.10 Å². The summed E-state index contributed by atoms with van der Waals surface area (Å²) in [6, 6.07) is 12.0. The first-order chi connectivity index (χ1) is 10.1. The summed E-state index contributed by atoms with van der Waals surface area (Å²) >= 11 is 11.8. The normalized spacial score (nSPS) is 16.4. The Labute approximate surface area is 131 Å². The maximum atomic E-state index is 12.2. The van der Waals surface area contributed by atoms with Crippen LogP contribution in [0, 0.1) is 0 Å². The van der Waals surface area contributed by atoms with Crippen molar-refractivity contribution in [2.75, 3.05) is 11.9 Å². The standard InChI is InChI=1S/C15H11Cl2NO3/c16-9-5-10(17)7-11(6-9)18-15(19)14-8-20-12-3-1-2-4-13(12)21-14/h1-7,14H,8H2,(H,18,19)/t14-/m1/s1. The van der Waals surface area contributed by atoms with Gasteiger partial charge in [0.15, 0.2) is 11.5 Å². The Kier molecular flexibility index (Phi) is 3.90. The molecule has 0 spiro atoms. The van der Waals surface area contributed by atoms with Crippen molar-refractivity contribution in [2.24, 2.45) is 0 Å². The van der Waals surface area contributed by atoms with E-state index in [0.29, 0.717) is 27.2 Å². The number of benzene rings is 2. The molecule has 1 aliphatic heterocycles. The lowest BCUT2D eigenvalue weighted by Crippen LogP contribution is -2.40. The molecule has 108 valence electrons. The van der Waals surface area contributed by atoms with Crippen LogP contribution in [-0.2, 0) is 4.79 Å². The lowest BCUT2D eigenvalue weighted by atomic mass is 10.2. The van der Waals surface area contributed by atoms with Crippen molar-refractivity contribution >= 4 is 34.8 Å². The van der Waals surface area contributed by atoms with E-state index in [1.54, 1.807) is 30.3 Å². The van der Waals surface area contributed by atoms with Gasteiger partial charge in [-0.05, 0) is 30.3 Å². The molecule has 2 aromatic carbocycles. The zero-order valence-electron chi connectivity index (χ0n) is 10.8. The number of anilines is 1. The topological polar surface area (TPSA) is 47.6 Å². The lowest BCUT2D eigenvalue weighted by molar-refractivity contribution is -0.125. The Morgan fingerprint density at radius 1 is 1.10 bits per heavy atom. The average Bonchev–Trinajstić information content (AvgIpc) is 2.45. The minimum absolute atomic E-state index is 0.150. The Morgan fingerprint density at radius 2 is 1.76 bits per heavy atom. The van der Waals surface area contributed by atoms with Crippen molar-refractivity contribution in [1.29, 1.82) is 0 Å². The first kappa shape index (κ1) is 14.0. The van der Waals surface area contributed by atoms with Gasteiger partial charge in [-0.15, -0.1) is 0 Å². The molecule has 2 aromatic rings. The monoisotopic (exact) mass is 323 g/mol. The number of hydrogen-bond acceptors (Lipinski definition) is 3. The van der Waals surface area contributed by atoms with Gasteiger partial charge in [0, 0.05) is 15.7 Å². The van der Waals surface area contributed by atoms with E-state index >= 15 is 0 Å². The van der Waals surface area contributed by atoms with Crippen LogP contribution in [-0.4, -0.2) is 18.6 Å². The third-order valence-corrected chi connectivity index (χ3v) is 3.37. The van der Waals surface area contributed by atoms with Crippen LogP contribution in [0.2, 0.25) is 10.0 Å².